The van der Waals surface area contributed by atoms with Gasteiger partial charge in [-0.1, -0.05) is 23.1 Å². The lowest BCUT2D eigenvalue weighted by molar-refractivity contribution is 0.0789. The third-order valence-electron chi connectivity index (χ3n) is 3.91. The zero-order valence-electron chi connectivity index (χ0n) is 14.3. The van der Waals surface area contributed by atoms with E-state index in [1.807, 2.05) is 12.5 Å². The summed E-state index contributed by atoms with van der Waals surface area (Å²) in [6.45, 7) is 1.42. The molecule has 0 aliphatic carbocycles. The van der Waals surface area contributed by atoms with Crippen LogP contribution >= 0.6 is 34.9 Å². The van der Waals surface area contributed by atoms with Gasteiger partial charge in [0.25, 0.3) is 15.9 Å². The molecule has 0 bridgehead atoms. The molecule has 0 unspecified atom stereocenters. The minimum Gasteiger partial charge on any atom is -0.339 e. The second kappa shape index (κ2) is 8.15. The summed E-state index contributed by atoms with van der Waals surface area (Å²) >= 11 is 3.98. The van der Waals surface area contributed by atoms with Gasteiger partial charge in [0.15, 0.2) is 4.34 Å². The van der Waals surface area contributed by atoms with E-state index in [-0.39, 0.29) is 15.9 Å². The maximum atomic E-state index is 12.8. The van der Waals surface area contributed by atoms with Crippen LogP contribution in [0.2, 0.25) is 0 Å². The zero-order valence-corrected chi connectivity index (χ0v) is 17.5. The van der Waals surface area contributed by atoms with Crippen molar-refractivity contribution in [1.29, 1.82) is 0 Å². The molecule has 0 radical (unpaired) electrons. The Labute approximate surface area is 165 Å². The Morgan fingerprint density at radius 2 is 1.92 bits per heavy atom. The van der Waals surface area contributed by atoms with Crippen molar-refractivity contribution in [1.82, 2.24) is 15.1 Å². The van der Waals surface area contributed by atoms with Gasteiger partial charge in [-0.25, -0.2) is 8.42 Å². The molecule has 1 saturated heterocycles. The first kappa shape index (κ1) is 19.5. The van der Waals surface area contributed by atoms with Gasteiger partial charge in [0.05, 0.1) is 10.5 Å². The van der Waals surface area contributed by atoms with Gasteiger partial charge in [0.1, 0.15) is 0 Å². The smallest absolute Gasteiger partial charge is 0.263 e. The first-order chi connectivity index (χ1) is 12.4. The van der Waals surface area contributed by atoms with Gasteiger partial charge in [-0.3, -0.25) is 9.52 Å². The third-order valence-corrected chi connectivity index (χ3v) is 7.98. The Balaban J connectivity index is 1.91. The Bertz CT molecular complexity index is 907. The zero-order chi connectivity index (χ0) is 18.7. The summed E-state index contributed by atoms with van der Waals surface area (Å²) in [7, 11) is -3.84. The van der Waals surface area contributed by atoms with Crippen LogP contribution in [0.1, 0.15) is 23.2 Å². The SMILES string of the molecule is CSc1nnc(NS(=O)(=O)c2ccc(SC)c(C(=O)N3CCCC3)c2)s1. The summed E-state index contributed by atoms with van der Waals surface area (Å²) in [5.74, 6) is -0.121. The molecule has 2 aromatic rings. The van der Waals surface area contributed by atoms with Crippen molar-refractivity contribution >= 4 is 55.9 Å². The molecule has 2 heterocycles. The van der Waals surface area contributed by atoms with Crippen LogP contribution < -0.4 is 4.72 Å². The van der Waals surface area contributed by atoms with Gasteiger partial charge in [-0.15, -0.1) is 22.0 Å². The fraction of sp³-hybridized carbons (Fsp3) is 0.400. The highest BCUT2D eigenvalue weighted by molar-refractivity contribution is 8.00. The van der Waals surface area contributed by atoms with Crippen LogP contribution in [0.4, 0.5) is 5.13 Å². The average Bonchev–Trinajstić information content (AvgIpc) is 3.32. The molecule has 0 saturated carbocycles. The summed E-state index contributed by atoms with van der Waals surface area (Å²) in [6, 6.07) is 4.63. The molecule has 1 aromatic heterocycles. The molecule has 1 amide bonds. The van der Waals surface area contributed by atoms with Gasteiger partial charge in [0, 0.05) is 18.0 Å². The lowest BCUT2D eigenvalue weighted by Crippen LogP contribution is -2.28. The van der Waals surface area contributed by atoms with Crippen LogP contribution in [-0.2, 0) is 10.0 Å². The van der Waals surface area contributed by atoms with E-state index in [0.29, 0.717) is 23.0 Å². The fourth-order valence-electron chi connectivity index (χ4n) is 2.62. The van der Waals surface area contributed by atoms with Crippen molar-refractivity contribution in [2.45, 2.75) is 27.0 Å². The molecule has 11 heteroatoms. The molecule has 140 valence electrons. The van der Waals surface area contributed by atoms with Crippen molar-refractivity contribution in [2.24, 2.45) is 0 Å². The molecular formula is C15H18N4O3S4. The van der Waals surface area contributed by atoms with E-state index in [2.05, 4.69) is 14.9 Å². The van der Waals surface area contributed by atoms with Gasteiger partial charge >= 0.3 is 0 Å². The monoisotopic (exact) mass is 430 g/mol. The maximum absolute atomic E-state index is 12.8. The molecule has 26 heavy (non-hydrogen) atoms. The standard InChI is InChI=1S/C15H18N4O3S4/c1-23-12-6-5-10(9-11(12)13(20)19-7-3-4-8-19)26(21,22)18-14-16-17-15(24-2)25-14/h5-6,9H,3-4,7-8H2,1-2H3,(H,16,18). The summed E-state index contributed by atoms with van der Waals surface area (Å²) in [5.41, 5.74) is 0.421. The lowest BCUT2D eigenvalue weighted by atomic mass is 10.2. The number of rotatable bonds is 6. The highest BCUT2D eigenvalue weighted by Gasteiger charge is 2.25. The molecule has 1 aliphatic heterocycles. The predicted octanol–water partition coefficient (Wildman–Crippen LogP) is 3.02. The molecule has 1 N–H and O–H groups in total. The number of nitrogens with zero attached hydrogens (tertiary/aromatic N) is 3. The molecule has 1 aliphatic rings. The van der Waals surface area contributed by atoms with E-state index in [1.54, 1.807) is 11.0 Å². The average molecular weight is 431 g/mol. The van der Waals surface area contributed by atoms with E-state index in [1.165, 1.54) is 35.7 Å². The van der Waals surface area contributed by atoms with Crippen LogP contribution in [0.3, 0.4) is 0 Å². The number of aromatic nitrogens is 2. The number of likely N-dealkylation sites (tertiary alicyclic amines) is 1. The Hall–Kier alpha value is -1.30. The van der Waals surface area contributed by atoms with Gasteiger partial charge in [-0.05, 0) is 43.6 Å². The van der Waals surface area contributed by atoms with E-state index in [4.69, 9.17) is 0 Å². The van der Waals surface area contributed by atoms with Crippen molar-refractivity contribution in [3.63, 3.8) is 0 Å². The quantitative estimate of drug-likeness (QED) is 0.704. The number of amides is 1. The van der Waals surface area contributed by atoms with E-state index in [9.17, 15) is 13.2 Å². The van der Waals surface area contributed by atoms with Crippen molar-refractivity contribution in [3.8, 4) is 0 Å². The number of hydrogen-bond acceptors (Lipinski definition) is 8. The van der Waals surface area contributed by atoms with E-state index < -0.39 is 10.0 Å². The lowest BCUT2D eigenvalue weighted by Gasteiger charge is -2.18. The molecular weight excluding hydrogens is 412 g/mol. The molecule has 1 aromatic carbocycles. The first-order valence-electron chi connectivity index (χ1n) is 7.82. The van der Waals surface area contributed by atoms with Crippen LogP contribution in [-0.4, -0.2) is 55.0 Å². The van der Waals surface area contributed by atoms with Crippen molar-refractivity contribution in [2.75, 3.05) is 30.3 Å². The Kier molecular flexibility index (Phi) is 6.10. The third kappa shape index (κ3) is 4.16. The fourth-order valence-corrected chi connectivity index (χ4v) is 5.62. The normalized spacial score (nSPS) is 14.6. The number of thioether (sulfide) groups is 2. The highest BCUT2D eigenvalue weighted by Crippen LogP contribution is 2.29. The number of carbonyl (C=O) groups is 1. The largest absolute Gasteiger partial charge is 0.339 e. The summed E-state index contributed by atoms with van der Waals surface area (Å²) in [6.07, 6.45) is 5.67. The summed E-state index contributed by atoms with van der Waals surface area (Å²) in [5, 5.41) is 7.91. The van der Waals surface area contributed by atoms with Gasteiger partial charge < -0.3 is 4.90 Å². The molecule has 7 nitrogen and oxygen atoms in total. The number of hydrogen-bond donors (Lipinski definition) is 1. The highest BCUT2D eigenvalue weighted by atomic mass is 32.2. The molecule has 0 atom stereocenters. The molecule has 3 rings (SSSR count). The number of anilines is 1. The van der Waals surface area contributed by atoms with E-state index >= 15 is 0 Å². The van der Waals surface area contributed by atoms with Crippen LogP contribution in [0.5, 0.6) is 0 Å². The summed E-state index contributed by atoms with van der Waals surface area (Å²) in [4.78, 5) is 15.4. The van der Waals surface area contributed by atoms with Crippen LogP contribution in [0.25, 0.3) is 0 Å². The Morgan fingerprint density at radius 3 is 2.54 bits per heavy atom. The Morgan fingerprint density at radius 1 is 1.19 bits per heavy atom. The predicted molar refractivity (Wildman–Crippen MR) is 106 cm³/mol. The van der Waals surface area contributed by atoms with E-state index in [0.717, 1.165) is 29.1 Å². The number of benzene rings is 1. The minimum atomic E-state index is -3.84. The summed E-state index contributed by atoms with van der Waals surface area (Å²) < 4.78 is 28.5. The molecule has 1 fully saturated rings. The first-order valence-corrected chi connectivity index (χ1v) is 12.6. The van der Waals surface area contributed by atoms with Crippen molar-refractivity contribution < 1.29 is 13.2 Å². The van der Waals surface area contributed by atoms with Crippen molar-refractivity contribution in [3.05, 3.63) is 23.8 Å². The number of carbonyl (C=O) groups excluding carboxylic acids is 1. The number of sulfonamides is 1. The second-order valence-corrected chi connectivity index (χ2v) is 10.1. The van der Waals surface area contributed by atoms with Gasteiger partial charge in [0.2, 0.25) is 5.13 Å². The topological polar surface area (TPSA) is 92.3 Å². The maximum Gasteiger partial charge on any atom is 0.263 e. The number of nitrogens with one attached hydrogen (secondary N) is 1. The van der Waals surface area contributed by atoms with Crippen LogP contribution in [0.15, 0.2) is 32.3 Å². The second-order valence-electron chi connectivity index (χ2n) is 5.54. The van der Waals surface area contributed by atoms with Crippen LogP contribution in [0, 0.1) is 0 Å². The molecule has 0 spiro atoms. The minimum absolute atomic E-state index is 0.0405. The van der Waals surface area contributed by atoms with Gasteiger partial charge in [-0.2, -0.15) is 0 Å².